The van der Waals surface area contributed by atoms with Crippen molar-refractivity contribution >= 4 is 21.8 Å². The maximum absolute atomic E-state index is 14.2. The number of aryl methyl sites for hydroxylation is 1. The third kappa shape index (κ3) is 5.54. The van der Waals surface area contributed by atoms with E-state index in [1.165, 1.54) is 12.1 Å². The van der Waals surface area contributed by atoms with Gasteiger partial charge in [0.05, 0.1) is 23.4 Å². The predicted octanol–water partition coefficient (Wildman–Crippen LogP) is 3.00. The first-order chi connectivity index (χ1) is 16.2. The van der Waals surface area contributed by atoms with Crippen molar-refractivity contribution in [2.24, 2.45) is 5.16 Å². The molecule has 1 aromatic carbocycles. The van der Waals surface area contributed by atoms with E-state index >= 15 is 0 Å². The molecular formula is C23H24FN5O4S. The van der Waals surface area contributed by atoms with Gasteiger partial charge < -0.3 is 10.6 Å². The number of aromatic nitrogens is 3. The lowest BCUT2D eigenvalue weighted by Gasteiger charge is -2.28. The molecule has 3 aromatic rings. The number of benzene rings is 1. The number of hydrogen-bond donors (Lipinski definition) is 1. The van der Waals surface area contributed by atoms with Crippen LogP contribution >= 0.6 is 0 Å². The van der Waals surface area contributed by atoms with E-state index in [2.05, 4.69) is 24.3 Å². The smallest absolute Gasteiger partial charge is 0.264 e. The molecule has 0 radical (unpaired) electrons. The molecule has 0 spiro atoms. The van der Waals surface area contributed by atoms with Crippen LogP contribution in [0.2, 0.25) is 0 Å². The zero-order valence-electron chi connectivity index (χ0n) is 18.7. The summed E-state index contributed by atoms with van der Waals surface area (Å²) >= 11 is 0. The van der Waals surface area contributed by atoms with E-state index < -0.39 is 10.1 Å². The molecule has 1 aliphatic carbocycles. The molecule has 2 N–H and O–H groups in total. The molecule has 178 valence electrons. The largest absolute Gasteiger partial charge is 0.393 e. The number of fused-ring (bicyclic) bond motifs is 1. The minimum atomic E-state index is -3.57. The number of nitrogens with zero attached hydrogens (tertiary/aromatic N) is 4. The van der Waals surface area contributed by atoms with Gasteiger partial charge in [-0.25, -0.2) is 14.4 Å². The first-order valence-electron chi connectivity index (χ1n) is 10.6. The van der Waals surface area contributed by atoms with Gasteiger partial charge >= 0.3 is 0 Å². The van der Waals surface area contributed by atoms with E-state index in [1.54, 1.807) is 24.5 Å². The summed E-state index contributed by atoms with van der Waals surface area (Å²) in [5.41, 5.74) is 11.1. The monoisotopic (exact) mass is 485 g/mol. The first-order valence-corrected chi connectivity index (χ1v) is 12.4. The van der Waals surface area contributed by atoms with Gasteiger partial charge in [-0.15, -0.1) is 0 Å². The maximum Gasteiger partial charge on any atom is 0.264 e. The van der Waals surface area contributed by atoms with Gasteiger partial charge in [-0.2, -0.15) is 8.42 Å². The van der Waals surface area contributed by atoms with Crippen molar-refractivity contribution in [3.8, 4) is 11.1 Å². The Balaban J connectivity index is 1.69. The molecule has 0 unspecified atom stereocenters. The van der Waals surface area contributed by atoms with Crippen molar-refractivity contribution in [1.82, 2.24) is 15.0 Å². The van der Waals surface area contributed by atoms with Crippen molar-refractivity contribution in [1.29, 1.82) is 0 Å². The summed E-state index contributed by atoms with van der Waals surface area (Å²) in [6, 6.07) is 8.38. The van der Waals surface area contributed by atoms with Gasteiger partial charge in [0.15, 0.2) is 0 Å². The van der Waals surface area contributed by atoms with Crippen LogP contribution in [0, 0.1) is 12.7 Å². The lowest BCUT2D eigenvalue weighted by Crippen LogP contribution is -2.24. The second-order valence-electron chi connectivity index (χ2n) is 7.96. The number of anilines is 1. The Kier molecular flexibility index (Phi) is 6.85. The summed E-state index contributed by atoms with van der Waals surface area (Å²) in [7, 11) is -3.57. The zero-order chi connectivity index (χ0) is 24.3. The zero-order valence-corrected chi connectivity index (χ0v) is 19.5. The third-order valence-corrected chi connectivity index (χ3v) is 6.02. The standard InChI is InChI=1S/C23H24FN5O4S/c1-14-22-20(28-23(25)27-14)10-16(11-21(22)29-32-8-9-33-34(2,30)31)18-6-5-17(24)12-19(18)15-4-3-7-26-13-15/h3-7,12-13,16H,8-11H2,1-2H3,(H2,25,27,28)/t16-/m1/s1. The molecule has 0 fully saturated rings. The summed E-state index contributed by atoms with van der Waals surface area (Å²) in [5.74, 6) is -0.277. The molecule has 34 heavy (non-hydrogen) atoms. The fourth-order valence-electron chi connectivity index (χ4n) is 4.13. The normalized spacial score (nSPS) is 16.9. The van der Waals surface area contributed by atoms with E-state index in [-0.39, 0.29) is 30.9 Å². The SMILES string of the molecule is Cc1nc(N)nc2c1C(=NOCCOS(C)(=O)=O)C[C@H](c1ccc(F)cc1-c1cccnc1)C2. The number of nitrogens with two attached hydrogens (primary N) is 1. The highest BCUT2D eigenvalue weighted by Crippen LogP contribution is 2.38. The van der Waals surface area contributed by atoms with Gasteiger partial charge in [-0.1, -0.05) is 17.3 Å². The van der Waals surface area contributed by atoms with Crippen molar-refractivity contribution in [2.45, 2.75) is 25.7 Å². The molecule has 0 amide bonds. The number of pyridine rings is 1. The second-order valence-corrected chi connectivity index (χ2v) is 9.61. The Labute approximate surface area is 197 Å². The van der Waals surface area contributed by atoms with Crippen LogP contribution < -0.4 is 5.73 Å². The number of rotatable bonds is 7. The lowest BCUT2D eigenvalue weighted by molar-refractivity contribution is 0.109. The Morgan fingerprint density at radius 2 is 2.03 bits per heavy atom. The van der Waals surface area contributed by atoms with E-state index in [0.29, 0.717) is 24.2 Å². The molecule has 2 aromatic heterocycles. The molecular weight excluding hydrogens is 461 g/mol. The van der Waals surface area contributed by atoms with Crippen molar-refractivity contribution in [3.63, 3.8) is 0 Å². The highest BCUT2D eigenvalue weighted by atomic mass is 32.2. The van der Waals surface area contributed by atoms with Crippen LogP contribution in [-0.2, 0) is 25.6 Å². The highest BCUT2D eigenvalue weighted by Gasteiger charge is 2.30. The second kappa shape index (κ2) is 9.82. The minimum absolute atomic E-state index is 0.0526. The van der Waals surface area contributed by atoms with E-state index in [1.807, 2.05) is 13.0 Å². The quantitative estimate of drug-likeness (QED) is 0.307. The molecule has 4 rings (SSSR count). The lowest BCUT2D eigenvalue weighted by atomic mass is 9.78. The Hall–Kier alpha value is -3.44. The van der Waals surface area contributed by atoms with Gasteiger partial charge in [0.25, 0.3) is 10.1 Å². The first kappa shape index (κ1) is 23.7. The van der Waals surface area contributed by atoms with Crippen LogP contribution in [0.25, 0.3) is 11.1 Å². The molecule has 9 nitrogen and oxygen atoms in total. The summed E-state index contributed by atoms with van der Waals surface area (Å²) < 4.78 is 41.1. The molecule has 2 heterocycles. The maximum atomic E-state index is 14.2. The van der Waals surface area contributed by atoms with Crippen LogP contribution in [-0.4, -0.2) is 48.6 Å². The summed E-state index contributed by atoms with van der Waals surface area (Å²) in [6.07, 6.45) is 5.36. The van der Waals surface area contributed by atoms with Gasteiger partial charge in [-0.3, -0.25) is 9.17 Å². The number of hydrogen-bond acceptors (Lipinski definition) is 9. The summed E-state index contributed by atoms with van der Waals surface area (Å²) in [4.78, 5) is 18.2. The Morgan fingerprint density at radius 3 is 2.76 bits per heavy atom. The minimum Gasteiger partial charge on any atom is -0.393 e. The van der Waals surface area contributed by atoms with E-state index in [0.717, 1.165) is 34.2 Å². The molecule has 0 bridgehead atoms. The molecule has 0 aliphatic heterocycles. The number of halogens is 1. The summed E-state index contributed by atoms with van der Waals surface area (Å²) in [5, 5.41) is 4.26. The van der Waals surface area contributed by atoms with Crippen LogP contribution in [0.15, 0.2) is 47.9 Å². The van der Waals surface area contributed by atoms with Gasteiger partial charge in [-0.05, 0) is 48.6 Å². The molecule has 1 aliphatic rings. The van der Waals surface area contributed by atoms with Crippen molar-refractivity contribution in [2.75, 3.05) is 25.2 Å². The van der Waals surface area contributed by atoms with Gasteiger partial charge in [0.2, 0.25) is 5.95 Å². The number of nitrogen functional groups attached to an aromatic ring is 1. The third-order valence-electron chi connectivity index (χ3n) is 5.42. The molecule has 0 saturated heterocycles. The van der Waals surface area contributed by atoms with Gasteiger partial charge in [0.1, 0.15) is 19.0 Å². The van der Waals surface area contributed by atoms with Crippen LogP contribution in [0.5, 0.6) is 0 Å². The number of oxime groups is 1. The Bertz CT molecular complexity index is 1330. The molecule has 0 saturated carbocycles. The predicted molar refractivity (Wildman–Crippen MR) is 125 cm³/mol. The average molecular weight is 486 g/mol. The average Bonchev–Trinajstić information content (AvgIpc) is 2.78. The van der Waals surface area contributed by atoms with Crippen molar-refractivity contribution < 1.29 is 21.8 Å². The van der Waals surface area contributed by atoms with Gasteiger partial charge in [0, 0.05) is 29.9 Å². The topological polar surface area (TPSA) is 130 Å². The van der Waals surface area contributed by atoms with E-state index in [4.69, 9.17) is 10.6 Å². The van der Waals surface area contributed by atoms with Crippen LogP contribution in [0.3, 0.4) is 0 Å². The molecule has 11 heteroatoms. The Morgan fingerprint density at radius 1 is 1.21 bits per heavy atom. The van der Waals surface area contributed by atoms with Crippen LogP contribution in [0.1, 0.15) is 34.9 Å². The fourth-order valence-corrected chi connectivity index (χ4v) is 4.50. The highest BCUT2D eigenvalue weighted by molar-refractivity contribution is 7.85. The van der Waals surface area contributed by atoms with Crippen molar-refractivity contribution in [3.05, 3.63) is 71.1 Å². The molecule has 1 atom stereocenters. The summed E-state index contributed by atoms with van der Waals surface area (Å²) in [6.45, 7) is 1.60. The van der Waals surface area contributed by atoms with Crippen LogP contribution in [0.4, 0.5) is 10.3 Å². The fraction of sp³-hybridized carbons (Fsp3) is 0.304. The van der Waals surface area contributed by atoms with E-state index in [9.17, 15) is 12.8 Å².